The van der Waals surface area contributed by atoms with Gasteiger partial charge in [0.25, 0.3) is 0 Å². The third kappa shape index (κ3) is 4.93. The van der Waals surface area contributed by atoms with E-state index in [1.165, 1.54) is 57.4 Å². The molecule has 0 bridgehead atoms. The van der Waals surface area contributed by atoms with Gasteiger partial charge in [-0.2, -0.15) is 13.2 Å². The summed E-state index contributed by atoms with van der Waals surface area (Å²) in [5.74, 6) is -0.329. The molecule has 0 aliphatic heterocycles. The molecule has 148 valence electrons. The van der Waals surface area contributed by atoms with Crippen molar-refractivity contribution >= 4 is 11.6 Å². The first-order valence-corrected chi connectivity index (χ1v) is 8.63. The highest BCUT2D eigenvalue weighted by atomic mass is 35.5. The second kappa shape index (κ2) is 7.68. The Morgan fingerprint density at radius 2 is 1.63 bits per heavy atom. The molecule has 27 heavy (non-hydrogen) atoms. The SMILES string of the molecule is COc1ccc(F)cc1C(C)(C)C[C@](O)(Cc1ccc(Cl)cc1)C(F)(F)F. The molecule has 0 saturated heterocycles. The summed E-state index contributed by atoms with van der Waals surface area (Å²) in [6.07, 6.45) is -6.20. The lowest BCUT2D eigenvalue weighted by molar-refractivity contribution is -0.266. The summed E-state index contributed by atoms with van der Waals surface area (Å²) in [5, 5.41) is 11.0. The standard InChI is InChI=1S/C20H21ClF4O2/c1-18(2,16-10-15(22)8-9-17(16)27-3)12-19(26,20(23,24)25)11-13-4-6-14(21)7-5-13/h4-10,26H,11-12H2,1-3H3/t19-/m1/s1. The fraction of sp³-hybridized carbons (Fsp3) is 0.400. The zero-order valence-electron chi connectivity index (χ0n) is 15.2. The molecule has 0 aromatic heterocycles. The summed E-state index contributed by atoms with van der Waals surface area (Å²) >= 11 is 5.77. The second-order valence-electron chi connectivity index (χ2n) is 7.24. The van der Waals surface area contributed by atoms with Crippen molar-refractivity contribution in [2.24, 2.45) is 0 Å². The van der Waals surface area contributed by atoms with E-state index in [1.54, 1.807) is 0 Å². The second-order valence-corrected chi connectivity index (χ2v) is 7.67. The quantitative estimate of drug-likeness (QED) is 0.626. The predicted octanol–water partition coefficient (Wildman–Crippen LogP) is 5.69. The normalized spacial score (nSPS) is 14.7. The zero-order valence-corrected chi connectivity index (χ0v) is 16.0. The van der Waals surface area contributed by atoms with Crippen molar-refractivity contribution in [3.8, 4) is 5.75 Å². The fourth-order valence-electron chi connectivity index (χ4n) is 3.24. The van der Waals surface area contributed by atoms with Crippen LogP contribution in [-0.4, -0.2) is 24.0 Å². The Labute approximate surface area is 160 Å². The topological polar surface area (TPSA) is 29.5 Å². The molecule has 2 nitrogen and oxygen atoms in total. The Morgan fingerprint density at radius 3 is 2.15 bits per heavy atom. The summed E-state index contributed by atoms with van der Waals surface area (Å²) < 4.78 is 60.3. The van der Waals surface area contributed by atoms with Crippen molar-refractivity contribution in [2.45, 2.75) is 43.9 Å². The third-order valence-corrected chi connectivity index (χ3v) is 4.81. The van der Waals surface area contributed by atoms with E-state index in [-0.39, 0.29) is 11.3 Å². The van der Waals surface area contributed by atoms with Gasteiger partial charge in [0.05, 0.1) is 7.11 Å². The van der Waals surface area contributed by atoms with Gasteiger partial charge in [0.2, 0.25) is 0 Å². The average Bonchev–Trinajstić information content (AvgIpc) is 2.55. The van der Waals surface area contributed by atoms with Crippen LogP contribution < -0.4 is 4.74 Å². The van der Waals surface area contributed by atoms with Crippen LogP contribution in [0.15, 0.2) is 42.5 Å². The molecule has 0 heterocycles. The number of ether oxygens (including phenoxy) is 1. The Kier molecular flexibility index (Phi) is 6.12. The largest absolute Gasteiger partial charge is 0.496 e. The van der Waals surface area contributed by atoms with Crippen molar-refractivity contribution < 1.29 is 27.4 Å². The first-order valence-electron chi connectivity index (χ1n) is 8.25. The van der Waals surface area contributed by atoms with Crippen LogP contribution in [0.5, 0.6) is 5.75 Å². The van der Waals surface area contributed by atoms with Crippen molar-refractivity contribution in [3.05, 3.63) is 64.4 Å². The van der Waals surface area contributed by atoms with Gasteiger partial charge in [-0.25, -0.2) is 4.39 Å². The number of aliphatic hydroxyl groups is 1. The molecule has 2 rings (SSSR count). The zero-order chi connectivity index (χ0) is 20.5. The van der Waals surface area contributed by atoms with Crippen molar-refractivity contribution in [1.29, 1.82) is 0 Å². The van der Waals surface area contributed by atoms with Crippen LogP contribution in [0.1, 0.15) is 31.4 Å². The molecule has 0 unspecified atom stereocenters. The fourth-order valence-corrected chi connectivity index (χ4v) is 3.36. The molecule has 7 heteroatoms. The molecular weight excluding hydrogens is 384 g/mol. The lowest BCUT2D eigenvalue weighted by atomic mass is 9.72. The van der Waals surface area contributed by atoms with Crippen LogP contribution in [-0.2, 0) is 11.8 Å². The molecule has 0 radical (unpaired) electrons. The summed E-state index contributed by atoms with van der Waals surface area (Å²) in [5.41, 5.74) is -3.68. The Bertz CT molecular complexity index is 788. The number of methoxy groups -OCH3 is 1. The number of hydrogen-bond acceptors (Lipinski definition) is 2. The summed E-state index contributed by atoms with van der Waals surface area (Å²) in [7, 11) is 1.36. The maximum absolute atomic E-state index is 13.8. The van der Waals surface area contributed by atoms with Gasteiger partial charge in [0.15, 0.2) is 5.60 Å². The molecule has 2 aromatic rings. The van der Waals surface area contributed by atoms with E-state index < -0.39 is 35.9 Å². The van der Waals surface area contributed by atoms with Crippen LogP contribution >= 0.6 is 11.6 Å². The highest BCUT2D eigenvalue weighted by molar-refractivity contribution is 6.30. The van der Waals surface area contributed by atoms with E-state index in [0.717, 1.165) is 6.07 Å². The summed E-state index contributed by atoms with van der Waals surface area (Å²) in [6, 6.07) is 9.48. The van der Waals surface area contributed by atoms with Crippen molar-refractivity contribution in [1.82, 2.24) is 0 Å². The van der Waals surface area contributed by atoms with Gasteiger partial charge in [0.1, 0.15) is 11.6 Å². The molecule has 2 aromatic carbocycles. The van der Waals surface area contributed by atoms with Gasteiger partial charge in [-0.1, -0.05) is 37.6 Å². The molecule has 0 aliphatic carbocycles. The molecule has 1 N–H and O–H groups in total. The van der Waals surface area contributed by atoms with E-state index in [9.17, 15) is 22.7 Å². The third-order valence-electron chi connectivity index (χ3n) is 4.56. The predicted molar refractivity (Wildman–Crippen MR) is 96.8 cm³/mol. The molecule has 0 fully saturated rings. The number of benzene rings is 2. The Morgan fingerprint density at radius 1 is 1.04 bits per heavy atom. The summed E-state index contributed by atoms with van der Waals surface area (Å²) in [6.45, 7) is 3.03. The Balaban J connectivity index is 2.43. The van der Waals surface area contributed by atoms with Gasteiger partial charge in [-0.3, -0.25) is 0 Å². The highest BCUT2D eigenvalue weighted by Crippen LogP contribution is 2.45. The van der Waals surface area contributed by atoms with E-state index >= 15 is 0 Å². The monoisotopic (exact) mass is 404 g/mol. The number of halogens is 5. The van der Waals surface area contributed by atoms with Crippen LogP contribution in [0.2, 0.25) is 5.02 Å². The molecular formula is C20H21ClF4O2. The van der Waals surface area contributed by atoms with E-state index in [0.29, 0.717) is 10.6 Å². The van der Waals surface area contributed by atoms with Crippen molar-refractivity contribution in [2.75, 3.05) is 7.11 Å². The van der Waals surface area contributed by atoms with E-state index in [1.807, 2.05) is 0 Å². The van der Waals surface area contributed by atoms with Crippen LogP contribution in [0.4, 0.5) is 17.6 Å². The number of alkyl halides is 3. The minimum absolute atomic E-state index is 0.254. The van der Waals surface area contributed by atoms with Crippen LogP contribution in [0.3, 0.4) is 0 Å². The number of hydrogen-bond donors (Lipinski definition) is 1. The molecule has 0 saturated carbocycles. The molecule has 0 aliphatic rings. The van der Waals surface area contributed by atoms with Gasteiger partial charge < -0.3 is 9.84 Å². The van der Waals surface area contributed by atoms with Gasteiger partial charge in [-0.15, -0.1) is 0 Å². The first-order chi connectivity index (χ1) is 12.4. The lowest BCUT2D eigenvalue weighted by Gasteiger charge is -2.38. The van der Waals surface area contributed by atoms with Crippen LogP contribution in [0, 0.1) is 5.82 Å². The van der Waals surface area contributed by atoms with Gasteiger partial charge >= 0.3 is 6.18 Å². The maximum atomic E-state index is 13.8. The minimum atomic E-state index is -4.88. The minimum Gasteiger partial charge on any atom is -0.496 e. The Hall–Kier alpha value is -1.79. The smallest absolute Gasteiger partial charge is 0.417 e. The van der Waals surface area contributed by atoms with Gasteiger partial charge in [0, 0.05) is 17.0 Å². The van der Waals surface area contributed by atoms with E-state index in [4.69, 9.17) is 16.3 Å². The first kappa shape index (κ1) is 21.5. The number of rotatable bonds is 6. The lowest BCUT2D eigenvalue weighted by Crippen LogP contribution is -2.50. The highest BCUT2D eigenvalue weighted by Gasteiger charge is 2.56. The summed E-state index contributed by atoms with van der Waals surface area (Å²) in [4.78, 5) is 0. The molecule has 1 atom stereocenters. The average molecular weight is 405 g/mol. The maximum Gasteiger partial charge on any atom is 0.417 e. The van der Waals surface area contributed by atoms with Crippen molar-refractivity contribution in [3.63, 3.8) is 0 Å². The molecule has 0 amide bonds. The van der Waals surface area contributed by atoms with Gasteiger partial charge in [-0.05, 0) is 47.7 Å². The van der Waals surface area contributed by atoms with Crippen LogP contribution in [0.25, 0.3) is 0 Å². The van der Waals surface area contributed by atoms with E-state index in [2.05, 4.69) is 0 Å². The molecule has 0 spiro atoms.